The first-order valence-corrected chi connectivity index (χ1v) is 5.27. The van der Waals surface area contributed by atoms with E-state index in [1.807, 2.05) is 12.3 Å². The molecule has 1 aliphatic rings. The van der Waals surface area contributed by atoms with E-state index >= 15 is 0 Å². The van der Waals surface area contributed by atoms with E-state index < -0.39 is 0 Å². The van der Waals surface area contributed by atoms with Crippen LogP contribution in [0.1, 0.15) is 18.9 Å². The molecule has 0 bridgehead atoms. The highest BCUT2D eigenvalue weighted by Crippen LogP contribution is 2.38. The van der Waals surface area contributed by atoms with Crippen molar-refractivity contribution in [3.63, 3.8) is 0 Å². The molecular weight excluding hydrogens is 210 g/mol. The maximum absolute atomic E-state index is 5.98. The first-order chi connectivity index (χ1) is 7.25. The molecule has 1 aliphatic carbocycles. The molecular formula is C11H10ClN3. The SMILES string of the molecule is C=C1CC(n2ccc3c(Cl)ncnc32)C1. The van der Waals surface area contributed by atoms with Crippen LogP contribution in [-0.4, -0.2) is 14.5 Å². The number of aromatic nitrogens is 3. The van der Waals surface area contributed by atoms with Crippen LogP contribution in [0.2, 0.25) is 5.15 Å². The molecule has 0 aromatic carbocycles. The van der Waals surface area contributed by atoms with Gasteiger partial charge in [-0.1, -0.05) is 23.8 Å². The molecule has 3 nitrogen and oxygen atoms in total. The van der Waals surface area contributed by atoms with Crippen molar-refractivity contribution in [3.05, 3.63) is 35.9 Å². The Morgan fingerprint density at radius 2 is 2.20 bits per heavy atom. The largest absolute Gasteiger partial charge is 0.329 e. The first kappa shape index (κ1) is 8.92. The number of rotatable bonds is 1. The minimum Gasteiger partial charge on any atom is -0.329 e. The van der Waals surface area contributed by atoms with Gasteiger partial charge in [-0.3, -0.25) is 0 Å². The second kappa shape index (κ2) is 3.07. The third-order valence-corrected chi connectivity index (χ3v) is 3.20. The highest BCUT2D eigenvalue weighted by atomic mass is 35.5. The minimum atomic E-state index is 0.501. The third kappa shape index (κ3) is 1.27. The molecule has 15 heavy (non-hydrogen) atoms. The van der Waals surface area contributed by atoms with Crippen LogP contribution in [0.4, 0.5) is 0 Å². The van der Waals surface area contributed by atoms with Crippen LogP contribution in [0.5, 0.6) is 0 Å². The number of hydrogen-bond donors (Lipinski definition) is 0. The number of nitrogens with zero attached hydrogens (tertiary/aromatic N) is 3. The lowest BCUT2D eigenvalue weighted by molar-refractivity contribution is 0.417. The van der Waals surface area contributed by atoms with Gasteiger partial charge in [-0.15, -0.1) is 0 Å². The highest BCUT2D eigenvalue weighted by Gasteiger charge is 2.24. The van der Waals surface area contributed by atoms with Crippen LogP contribution in [0.25, 0.3) is 11.0 Å². The Bertz CT molecular complexity index is 536. The van der Waals surface area contributed by atoms with Crippen molar-refractivity contribution in [2.45, 2.75) is 18.9 Å². The average Bonchev–Trinajstić information content (AvgIpc) is 2.58. The van der Waals surface area contributed by atoms with Crippen molar-refractivity contribution in [1.82, 2.24) is 14.5 Å². The molecule has 0 amide bonds. The third-order valence-electron chi connectivity index (χ3n) is 2.90. The van der Waals surface area contributed by atoms with Crippen LogP contribution >= 0.6 is 11.6 Å². The fraction of sp³-hybridized carbons (Fsp3) is 0.273. The lowest BCUT2D eigenvalue weighted by Gasteiger charge is -2.30. The van der Waals surface area contributed by atoms with E-state index in [1.54, 1.807) is 0 Å². The smallest absolute Gasteiger partial charge is 0.145 e. The Balaban J connectivity index is 2.12. The van der Waals surface area contributed by atoms with Crippen molar-refractivity contribution in [2.75, 3.05) is 0 Å². The molecule has 3 rings (SSSR count). The lowest BCUT2D eigenvalue weighted by atomic mass is 9.88. The van der Waals surface area contributed by atoms with E-state index in [9.17, 15) is 0 Å². The van der Waals surface area contributed by atoms with E-state index in [2.05, 4.69) is 21.1 Å². The molecule has 0 N–H and O–H groups in total. The Hall–Kier alpha value is -1.35. The second-order valence-corrected chi connectivity index (χ2v) is 4.29. The molecule has 0 aliphatic heterocycles. The number of allylic oxidation sites excluding steroid dienone is 1. The predicted octanol–water partition coefficient (Wildman–Crippen LogP) is 2.98. The molecule has 2 heterocycles. The number of hydrogen-bond acceptors (Lipinski definition) is 2. The van der Waals surface area contributed by atoms with Gasteiger partial charge in [-0.05, 0) is 18.9 Å². The normalized spacial score (nSPS) is 17.0. The summed E-state index contributed by atoms with van der Waals surface area (Å²) in [7, 11) is 0. The predicted molar refractivity (Wildman–Crippen MR) is 59.9 cm³/mol. The Morgan fingerprint density at radius 3 is 2.93 bits per heavy atom. The fourth-order valence-electron chi connectivity index (χ4n) is 2.04. The maximum atomic E-state index is 5.98. The van der Waals surface area contributed by atoms with Gasteiger partial charge in [0.05, 0.1) is 5.39 Å². The summed E-state index contributed by atoms with van der Waals surface area (Å²) < 4.78 is 2.16. The zero-order valence-electron chi connectivity index (χ0n) is 8.15. The van der Waals surface area contributed by atoms with Gasteiger partial charge in [0.2, 0.25) is 0 Å². The van der Waals surface area contributed by atoms with Gasteiger partial charge < -0.3 is 4.57 Å². The van der Waals surface area contributed by atoms with Crippen molar-refractivity contribution < 1.29 is 0 Å². The van der Waals surface area contributed by atoms with Crippen LogP contribution in [0.15, 0.2) is 30.7 Å². The molecule has 0 unspecified atom stereocenters. The molecule has 2 aromatic rings. The first-order valence-electron chi connectivity index (χ1n) is 4.89. The summed E-state index contributed by atoms with van der Waals surface area (Å²) in [6.07, 6.45) is 5.63. The molecule has 1 fully saturated rings. The van der Waals surface area contributed by atoms with Crippen LogP contribution in [-0.2, 0) is 0 Å². The van der Waals surface area contributed by atoms with Crippen molar-refractivity contribution in [3.8, 4) is 0 Å². The molecule has 0 radical (unpaired) electrons. The van der Waals surface area contributed by atoms with Gasteiger partial charge >= 0.3 is 0 Å². The zero-order chi connectivity index (χ0) is 10.4. The van der Waals surface area contributed by atoms with E-state index in [0.29, 0.717) is 11.2 Å². The van der Waals surface area contributed by atoms with E-state index in [0.717, 1.165) is 23.9 Å². The molecule has 4 heteroatoms. The lowest BCUT2D eigenvalue weighted by Crippen LogP contribution is -2.18. The summed E-state index contributed by atoms with van der Waals surface area (Å²) in [5.74, 6) is 0. The summed E-state index contributed by atoms with van der Waals surface area (Å²) in [5.41, 5.74) is 2.23. The Kier molecular flexibility index (Phi) is 1.83. The summed E-state index contributed by atoms with van der Waals surface area (Å²) in [5, 5.41) is 1.45. The van der Waals surface area contributed by atoms with Crippen LogP contribution < -0.4 is 0 Å². The summed E-state index contributed by atoms with van der Waals surface area (Å²) in [6.45, 7) is 3.95. The monoisotopic (exact) mass is 219 g/mol. The van der Waals surface area contributed by atoms with Gasteiger partial charge in [0.15, 0.2) is 0 Å². The van der Waals surface area contributed by atoms with Crippen molar-refractivity contribution in [1.29, 1.82) is 0 Å². The van der Waals surface area contributed by atoms with Crippen LogP contribution in [0.3, 0.4) is 0 Å². The van der Waals surface area contributed by atoms with Crippen molar-refractivity contribution in [2.24, 2.45) is 0 Å². The standard InChI is InChI=1S/C11H10ClN3/c1-7-4-8(5-7)15-3-2-9-10(12)13-6-14-11(9)15/h2-3,6,8H,1,4-5H2. The number of fused-ring (bicyclic) bond motifs is 1. The summed E-state index contributed by atoms with van der Waals surface area (Å²) in [6, 6.07) is 2.47. The van der Waals surface area contributed by atoms with Gasteiger partial charge in [0.1, 0.15) is 17.1 Å². The highest BCUT2D eigenvalue weighted by molar-refractivity contribution is 6.33. The molecule has 2 aromatic heterocycles. The van der Waals surface area contributed by atoms with Crippen LogP contribution in [0, 0.1) is 0 Å². The second-order valence-electron chi connectivity index (χ2n) is 3.94. The van der Waals surface area contributed by atoms with Gasteiger partial charge in [0.25, 0.3) is 0 Å². The van der Waals surface area contributed by atoms with E-state index in [1.165, 1.54) is 11.9 Å². The van der Waals surface area contributed by atoms with Gasteiger partial charge in [0, 0.05) is 12.2 Å². The number of halogens is 1. The zero-order valence-corrected chi connectivity index (χ0v) is 8.91. The minimum absolute atomic E-state index is 0.501. The molecule has 0 spiro atoms. The topological polar surface area (TPSA) is 30.7 Å². The average molecular weight is 220 g/mol. The fourth-order valence-corrected chi connectivity index (χ4v) is 2.23. The van der Waals surface area contributed by atoms with E-state index in [4.69, 9.17) is 11.6 Å². The molecule has 76 valence electrons. The molecule has 0 saturated heterocycles. The quantitative estimate of drug-likeness (QED) is 0.545. The Labute approximate surface area is 92.4 Å². The van der Waals surface area contributed by atoms with E-state index in [-0.39, 0.29) is 0 Å². The van der Waals surface area contributed by atoms with Gasteiger partial charge in [-0.2, -0.15) is 0 Å². The van der Waals surface area contributed by atoms with Gasteiger partial charge in [-0.25, -0.2) is 9.97 Å². The summed E-state index contributed by atoms with van der Waals surface area (Å²) in [4.78, 5) is 8.23. The maximum Gasteiger partial charge on any atom is 0.145 e. The van der Waals surface area contributed by atoms with Crippen molar-refractivity contribution >= 4 is 22.6 Å². The Morgan fingerprint density at radius 1 is 1.40 bits per heavy atom. The summed E-state index contributed by atoms with van der Waals surface area (Å²) >= 11 is 5.98. The molecule has 0 atom stereocenters. The molecule has 1 saturated carbocycles.